The van der Waals surface area contributed by atoms with Gasteiger partial charge in [0.2, 0.25) is 0 Å². The van der Waals surface area contributed by atoms with Gasteiger partial charge in [-0.1, -0.05) is 33.6 Å². The van der Waals surface area contributed by atoms with Gasteiger partial charge in [0.25, 0.3) is 0 Å². The van der Waals surface area contributed by atoms with Crippen LogP contribution in [0.15, 0.2) is 18.2 Å². The summed E-state index contributed by atoms with van der Waals surface area (Å²) in [4.78, 5) is 0.187. The largest absolute Gasteiger partial charge is 0.385 e. The SMILES string of the molecule is COCCC(Br)Cc1c(F)cccc1Cl. The van der Waals surface area contributed by atoms with Crippen molar-refractivity contribution in [3.63, 3.8) is 0 Å². The standard InChI is InChI=1S/C11H13BrClFO/c1-15-6-5-8(12)7-9-10(13)3-2-4-11(9)14/h2-4,8H,5-7H2,1H3. The Kier molecular flexibility index (Phi) is 5.58. The van der Waals surface area contributed by atoms with Crippen LogP contribution in [0.4, 0.5) is 4.39 Å². The van der Waals surface area contributed by atoms with Crippen LogP contribution in [0.2, 0.25) is 5.02 Å². The Morgan fingerprint density at radius 2 is 2.27 bits per heavy atom. The molecule has 1 aromatic rings. The number of halogens is 3. The molecule has 0 heterocycles. The first kappa shape index (κ1) is 12.9. The van der Waals surface area contributed by atoms with E-state index in [9.17, 15) is 4.39 Å². The highest BCUT2D eigenvalue weighted by Crippen LogP contribution is 2.23. The summed E-state index contributed by atoms with van der Waals surface area (Å²) in [5, 5.41) is 0.483. The maximum atomic E-state index is 13.4. The molecule has 0 bridgehead atoms. The summed E-state index contributed by atoms with van der Waals surface area (Å²) in [6.07, 6.45) is 1.41. The summed E-state index contributed by atoms with van der Waals surface area (Å²) in [6, 6.07) is 4.74. The molecule has 0 amide bonds. The lowest BCUT2D eigenvalue weighted by molar-refractivity contribution is 0.194. The fourth-order valence-corrected chi connectivity index (χ4v) is 2.05. The highest BCUT2D eigenvalue weighted by Gasteiger charge is 2.12. The molecule has 1 atom stereocenters. The van der Waals surface area contributed by atoms with E-state index in [4.69, 9.17) is 16.3 Å². The molecule has 1 rings (SSSR count). The Morgan fingerprint density at radius 3 is 2.87 bits per heavy atom. The van der Waals surface area contributed by atoms with Gasteiger partial charge in [0, 0.05) is 29.1 Å². The van der Waals surface area contributed by atoms with Gasteiger partial charge in [-0.25, -0.2) is 4.39 Å². The van der Waals surface area contributed by atoms with Crippen molar-refractivity contribution < 1.29 is 9.13 Å². The zero-order chi connectivity index (χ0) is 11.3. The Balaban J connectivity index is 2.63. The number of benzene rings is 1. The van der Waals surface area contributed by atoms with E-state index in [-0.39, 0.29) is 10.6 Å². The van der Waals surface area contributed by atoms with Crippen molar-refractivity contribution in [2.75, 3.05) is 13.7 Å². The molecule has 1 nitrogen and oxygen atoms in total. The summed E-state index contributed by atoms with van der Waals surface area (Å²) in [7, 11) is 1.65. The normalized spacial score (nSPS) is 12.8. The third kappa shape index (κ3) is 4.09. The van der Waals surface area contributed by atoms with Crippen LogP contribution >= 0.6 is 27.5 Å². The Bertz CT molecular complexity index is 299. The van der Waals surface area contributed by atoms with E-state index in [2.05, 4.69) is 15.9 Å². The van der Waals surface area contributed by atoms with E-state index >= 15 is 0 Å². The van der Waals surface area contributed by atoms with Gasteiger partial charge >= 0.3 is 0 Å². The van der Waals surface area contributed by atoms with Gasteiger partial charge in [-0.15, -0.1) is 0 Å². The minimum absolute atomic E-state index is 0.187. The summed E-state index contributed by atoms with van der Waals surface area (Å²) in [5.41, 5.74) is 0.567. The molecule has 84 valence electrons. The number of methoxy groups -OCH3 is 1. The molecule has 1 unspecified atom stereocenters. The molecule has 4 heteroatoms. The maximum Gasteiger partial charge on any atom is 0.127 e. The Hall–Kier alpha value is -0.120. The number of hydrogen-bond donors (Lipinski definition) is 0. The molecule has 0 fully saturated rings. The quantitative estimate of drug-likeness (QED) is 0.750. The zero-order valence-electron chi connectivity index (χ0n) is 8.47. The van der Waals surface area contributed by atoms with Crippen LogP contribution in [0.3, 0.4) is 0 Å². The van der Waals surface area contributed by atoms with Crippen LogP contribution in [0.5, 0.6) is 0 Å². The Labute approximate surface area is 103 Å². The molecule has 15 heavy (non-hydrogen) atoms. The molecule has 0 N–H and O–H groups in total. The third-order valence-electron chi connectivity index (χ3n) is 2.12. The first-order valence-electron chi connectivity index (χ1n) is 4.71. The van der Waals surface area contributed by atoms with Gasteiger partial charge in [0.05, 0.1) is 0 Å². The number of rotatable bonds is 5. The van der Waals surface area contributed by atoms with Crippen molar-refractivity contribution in [2.24, 2.45) is 0 Å². The van der Waals surface area contributed by atoms with E-state index in [0.717, 1.165) is 6.42 Å². The average Bonchev–Trinajstić information content (AvgIpc) is 2.21. The number of ether oxygens (including phenoxy) is 1. The predicted molar refractivity (Wildman–Crippen MR) is 64.3 cm³/mol. The van der Waals surface area contributed by atoms with Crippen molar-refractivity contribution in [3.05, 3.63) is 34.6 Å². The lowest BCUT2D eigenvalue weighted by Crippen LogP contribution is -2.08. The first-order valence-corrected chi connectivity index (χ1v) is 6.00. The van der Waals surface area contributed by atoms with E-state index < -0.39 is 0 Å². The van der Waals surface area contributed by atoms with Crippen LogP contribution in [0.1, 0.15) is 12.0 Å². The fourth-order valence-electron chi connectivity index (χ4n) is 1.30. The minimum atomic E-state index is -0.246. The van der Waals surface area contributed by atoms with Crippen molar-refractivity contribution in [1.29, 1.82) is 0 Å². The van der Waals surface area contributed by atoms with Gasteiger partial charge in [-0.2, -0.15) is 0 Å². The van der Waals surface area contributed by atoms with E-state index in [0.29, 0.717) is 23.6 Å². The lowest BCUT2D eigenvalue weighted by Gasteiger charge is -2.11. The van der Waals surface area contributed by atoms with E-state index in [1.165, 1.54) is 6.07 Å². The highest BCUT2D eigenvalue weighted by molar-refractivity contribution is 9.09. The highest BCUT2D eigenvalue weighted by atomic mass is 79.9. The van der Waals surface area contributed by atoms with Crippen LogP contribution in [0, 0.1) is 5.82 Å². The molecule has 0 saturated carbocycles. The van der Waals surface area contributed by atoms with Crippen LogP contribution < -0.4 is 0 Å². The van der Waals surface area contributed by atoms with Crippen LogP contribution in [-0.4, -0.2) is 18.5 Å². The summed E-state index contributed by atoms with van der Waals surface area (Å²) in [5.74, 6) is -0.246. The van der Waals surface area contributed by atoms with Crippen molar-refractivity contribution in [2.45, 2.75) is 17.7 Å². The summed E-state index contributed by atoms with van der Waals surface area (Å²) in [6.45, 7) is 0.655. The topological polar surface area (TPSA) is 9.23 Å². The molecular formula is C11H13BrClFO. The molecule has 0 aromatic heterocycles. The van der Waals surface area contributed by atoms with Crippen LogP contribution in [-0.2, 0) is 11.2 Å². The van der Waals surface area contributed by atoms with Gasteiger partial charge in [-0.05, 0) is 25.0 Å². The fraction of sp³-hybridized carbons (Fsp3) is 0.455. The lowest BCUT2D eigenvalue weighted by atomic mass is 10.1. The first-order chi connectivity index (χ1) is 7.15. The average molecular weight is 296 g/mol. The van der Waals surface area contributed by atoms with Crippen molar-refractivity contribution in [3.8, 4) is 0 Å². The second-order valence-corrected chi connectivity index (χ2v) is 4.99. The third-order valence-corrected chi connectivity index (χ3v) is 3.26. The molecule has 0 spiro atoms. The molecule has 0 aliphatic heterocycles. The summed E-state index contributed by atoms with van der Waals surface area (Å²) < 4.78 is 18.4. The number of hydrogen-bond acceptors (Lipinski definition) is 1. The second kappa shape index (κ2) is 6.46. The second-order valence-electron chi connectivity index (χ2n) is 3.28. The molecule has 0 aliphatic carbocycles. The van der Waals surface area contributed by atoms with Crippen LogP contribution in [0.25, 0.3) is 0 Å². The van der Waals surface area contributed by atoms with Gasteiger partial charge < -0.3 is 4.74 Å². The van der Waals surface area contributed by atoms with E-state index in [1.54, 1.807) is 19.2 Å². The van der Waals surface area contributed by atoms with E-state index in [1.807, 2.05) is 0 Å². The van der Waals surface area contributed by atoms with Crippen molar-refractivity contribution >= 4 is 27.5 Å². The molecule has 0 aliphatic rings. The molecule has 1 aromatic carbocycles. The maximum absolute atomic E-state index is 13.4. The van der Waals surface area contributed by atoms with Crippen molar-refractivity contribution in [1.82, 2.24) is 0 Å². The molecule has 0 radical (unpaired) electrons. The molecule has 0 saturated heterocycles. The smallest absolute Gasteiger partial charge is 0.127 e. The Morgan fingerprint density at radius 1 is 1.53 bits per heavy atom. The zero-order valence-corrected chi connectivity index (χ0v) is 10.8. The van der Waals surface area contributed by atoms with Gasteiger partial charge in [0.1, 0.15) is 5.82 Å². The molecular weight excluding hydrogens is 282 g/mol. The van der Waals surface area contributed by atoms with Gasteiger partial charge in [-0.3, -0.25) is 0 Å². The summed E-state index contributed by atoms with van der Waals surface area (Å²) >= 11 is 9.39. The monoisotopic (exact) mass is 294 g/mol. The number of alkyl halides is 1. The predicted octanol–water partition coefficient (Wildman–Crippen LogP) is 3.82. The van der Waals surface area contributed by atoms with Gasteiger partial charge in [0.15, 0.2) is 0 Å². The minimum Gasteiger partial charge on any atom is -0.385 e.